The number of carbonyl (C=O) groups excluding carboxylic acids is 1. The van der Waals surface area contributed by atoms with Crippen molar-refractivity contribution in [2.45, 2.75) is 13.3 Å². The Hall–Kier alpha value is -2.57. The third kappa shape index (κ3) is 3.95. The van der Waals surface area contributed by atoms with Crippen molar-refractivity contribution in [1.29, 1.82) is 0 Å². The molecule has 3 nitrogen and oxygen atoms in total. The zero-order valence-electron chi connectivity index (χ0n) is 11.9. The Bertz CT molecular complexity index is 696. The summed E-state index contributed by atoms with van der Waals surface area (Å²) in [6.45, 7) is 1.84. The van der Waals surface area contributed by atoms with E-state index in [0.717, 1.165) is 12.1 Å². The summed E-state index contributed by atoms with van der Waals surface area (Å²) in [5.74, 6) is 5.16. The molecule has 0 bridgehead atoms. The zero-order chi connectivity index (χ0) is 15.1. The third-order valence-electron chi connectivity index (χ3n) is 3.07. The van der Waals surface area contributed by atoms with Crippen molar-refractivity contribution in [2.24, 2.45) is 0 Å². The van der Waals surface area contributed by atoms with Crippen molar-refractivity contribution >= 4 is 11.6 Å². The van der Waals surface area contributed by atoms with Gasteiger partial charge >= 0.3 is 0 Å². The van der Waals surface area contributed by atoms with Crippen molar-refractivity contribution in [3.05, 3.63) is 65.2 Å². The number of aliphatic hydroxyl groups excluding tert-OH is 1. The van der Waals surface area contributed by atoms with Crippen LogP contribution < -0.4 is 5.32 Å². The minimum Gasteiger partial charge on any atom is -0.384 e. The minimum absolute atomic E-state index is 0.203. The van der Waals surface area contributed by atoms with Gasteiger partial charge in [0.2, 0.25) is 0 Å². The molecule has 3 heteroatoms. The number of anilines is 1. The molecule has 1 amide bonds. The summed E-state index contributed by atoms with van der Waals surface area (Å²) in [5, 5.41) is 11.7. The van der Waals surface area contributed by atoms with Crippen molar-refractivity contribution in [3.8, 4) is 11.8 Å². The lowest BCUT2D eigenvalue weighted by atomic mass is 10.1. The number of rotatable bonds is 3. The molecule has 0 unspecified atom stereocenters. The van der Waals surface area contributed by atoms with E-state index in [1.807, 2.05) is 30.3 Å². The number of nitrogens with one attached hydrogen (secondary N) is 1. The third-order valence-corrected chi connectivity index (χ3v) is 3.07. The van der Waals surface area contributed by atoms with Gasteiger partial charge in [0.1, 0.15) is 6.61 Å². The van der Waals surface area contributed by atoms with E-state index >= 15 is 0 Å². The zero-order valence-corrected chi connectivity index (χ0v) is 11.9. The van der Waals surface area contributed by atoms with E-state index in [-0.39, 0.29) is 12.5 Å². The molecule has 0 radical (unpaired) electrons. The molecule has 2 N–H and O–H groups in total. The molecule has 2 aromatic carbocycles. The Morgan fingerprint density at radius 3 is 2.76 bits per heavy atom. The van der Waals surface area contributed by atoms with Gasteiger partial charge < -0.3 is 10.4 Å². The summed E-state index contributed by atoms with van der Waals surface area (Å²) in [5.41, 5.74) is 3.04. The summed E-state index contributed by atoms with van der Waals surface area (Å²) >= 11 is 0. The van der Waals surface area contributed by atoms with Crippen LogP contribution in [0.3, 0.4) is 0 Å². The summed E-state index contributed by atoms with van der Waals surface area (Å²) in [6, 6.07) is 14.9. The van der Waals surface area contributed by atoms with Gasteiger partial charge in [-0.25, -0.2) is 0 Å². The lowest BCUT2D eigenvalue weighted by Crippen LogP contribution is -2.13. The van der Waals surface area contributed by atoms with Crippen LogP contribution in [0.15, 0.2) is 48.5 Å². The van der Waals surface area contributed by atoms with Gasteiger partial charge in [0.25, 0.3) is 5.91 Å². The van der Waals surface area contributed by atoms with Gasteiger partial charge in [-0.1, -0.05) is 43.0 Å². The molecule has 2 rings (SSSR count). The summed E-state index contributed by atoms with van der Waals surface area (Å²) in [7, 11) is 0. The van der Waals surface area contributed by atoms with E-state index < -0.39 is 0 Å². The van der Waals surface area contributed by atoms with Gasteiger partial charge in [0.15, 0.2) is 0 Å². The molecule has 0 heterocycles. The standard InChI is InChI=1S/C18H17NO2/c1-2-14-7-5-10-16(13-14)19-18(21)17-11-4-3-8-15(17)9-6-12-20/h3-5,7-8,10-11,13,20H,2,12H2,1H3,(H,19,21). The Labute approximate surface area is 124 Å². The van der Waals surface area contributed by atoms with Crippen LogP contribution >= 0.6 is 0 Å². The molecular weight excluding hydrogens is 262 g/mol. The SMILES string of the molecule is CCc1cccc(NC(=O)c2ccccc2C#CCO)c1. The Balaban J connectivity index is 2.24. The maximum absolute atomic E-state index is 12.4. The van der Waals surface area contributed by atoms with E-state index in [2.05, 4.69) is 24.1 Å². The van der Waals surface area contributed by atoms with Crippen LogP contribution in [0, 0.1) is 11.8 Å². The number of amides is 1. The second-order valence-electron chi connectivity index (χ2n) is 4.51. The van der Waals surface area contributed by atoms with Crippen LogP contribution in [0.5, 0.6) is 0 Å². The summed E-state index contributed by atoms with van der Waals surface area (Å²) in [6.07, 6.45) is 0.919. The number of aryl methyl sites for hydroxylation is 1. The molecule has 106 valence electrons. The molecule has 0 saturated carbocycles. The number of hydrogen-bond donors (Lipinski definition) is 2. The fourth-order valence-corrected chi connectivity index (χ4v) is 1.99. The van der Waals surface area contributed by atoms with Crippen molar-refractivity contribution < 1.29 is 9.90 Å². The van der Waals surface area contributed by atoms with Gasteiger partial charge in [-0.15, -0.1) is 0 Å². The van der Waals surface area contributed by atoms with Gasteiger partial charge in [-0.2, -0.15) is 0 Å². The minimum atomic E-state index is -0.228. The first kappa shape index (κ1) is 14.8. The highest BCUT2D eigenvalue weighted by Crippen LogP contribution is 2.14. The quantitative estimate of drug-likeness (QED) is 0.849. The summed E-state index contributed by atoms with van der Waals surface area (Å²) < 4.78 is 0. The predicted octanol–water partition coefficient (Wildman–Crippen LogP) is 2.85. The first-order valence-corrected chi connectivity index (χ1v) is 6.83. The van der Waals surface area contributed by atoms with Crippen LogP contribution in [0.2, 0.25) is 0 Å². The fourth-order valence-electron chi connectivity index (χ4n) is 1.99. The Morgan fingerprint density at radius 1 is 1.19 bits per heavy atom. The summed E-state index contributed by atoms with van der Waals surface area (Å²) in [4.78, 5) is 12.4. The van der Waals surface area contributed by atoms with Crippen LogP contribution in [-0.4, -0.2) is 17.6 Å². The molecule has 21 heavy (non-hydrogen) atoms. The average Bonchev–Trinajstić information content (AvgIpc) is 2.53. The second kappa shape index (κ2) is 7.28. The topological polar surface area (TPSA) is 49.3 Å². The lowest BCUT2D eigenvalue weighted by Gasteiger charge is -2.08. The maximum Gasteiger partial charge on any atom is 0.256 e. The largest absolute Gasteiger partial charge is 0.384 e. The van der Waals surface area contributed by atoms with E-state index in [9.17, 15) is 4.79 Å². The van der Waals surface area contributed by atoms with Crippen LogP contribution in [0.1, 0.15) is 28.4 Å². The van der Waals surface area contributed by atoms with Crippen molar-refractivity contribution in [2.75, 3.05) is 11.9 Å². The molecule has 0 aliphatic carbocycles. The van der Waals surface area contributed by atoms with E-state index in [1.165, 1.54) is 5.56 Å². The lowest BCUT2D eigenvalue weighted by molar-refractivity contribution is 0.102. The number of carbonyl (C=O) groups is 1. The number of aliphatic hydroxyl groups is 1. The predicted molar refractivity (Wildman–Crippen MR) is 84.2 cm³/mol. The van der Waals surface area contributed by atoms with Gasteiger partial charge in [-0.05, 0) is 36.2 Å². The highest BCUT2D eigenvalue weighted by molar-refractivity contribution is 6.06. The average molecular weight is 279 g/mol. The second-order valence-corrected chi connectivity index (χ2v) is 4.51. The van der Waals surface area contributed by atoms with E-state index in [0.29, 0.717) is 11.1 Å². The fraction of sp³-hybridized carbons (Fsp3) is 0.167. The van der Waals surface area contributed by atoms with Gasteiger partial charge in [0.05, 0.1) is 5.56 Å². The van der Waals surface area contributed by atoms with Gasteiger partial charge in [0, 0.05) is 11.3 Å². The van der Waals surface area contributed by atoms with Crippen LogP contribution in [-0.2, 0) is 6.42 Å². The maximum atomic E-state index is 12.4. The van der Waals surface area contributed by atoms with Crippen molar-refractivity contribution in [3.63, 3.8) is 0 Å². The molecule has 0 aliphatic rings. The highest BCUT2D eigenvalue weighted by Gasteiger charge is 2.09. The van der Waals surface area contributed by atoms with E-state index in [4.69, 9.17) is 5.11 Å². The number of hydrogen-bond acceptors (Lipinski definition) is 2. The number of benzene rings is 2. The molecule has 0 aliphatic heterocycles. The molecule has 0 atom stereocenters. The monoisotopic (exact) mass is 279 g/mol. The first-order valence-electron chi connectivity index (χ1n) is 6.83. The molecule has 2 aromatic rings. The molecule has 0 spiro atoms. The first-order chi connectivity index (χ1) is 10.2. The molecule has 0 fully saturated rings. The van der Waals surface area contributed by atoms with Gasteiger partial charge in [-0.3, -0.25) is 4.79 Å². The Kier molecular flexibility index (Phi) is 5.14. The van der Waals surface area contributed by atoms with Crippen LogP contribution in [0.25, 0.3) is 0 Å². The Morgan fingerprint density at radius 2 is 2.00 bits per heavy atom. The molecule has 0 saturated heterocycles. The van der Waals surface area contributed by atoms with E-state index in [1.54, 1.807) is 18.2 Å². The molecule has 0 aromatic heterocycles. The molecular formula is C18H17NO2. The van der Waals surface area contributed by atoms with Crippen LogP contribution in [0.4, 0.5) is 5.69 Å². The van der Waals surface area contributed by atoms with Crippen molar-refractivity contribution in [1.82, 2.24) is 0 Å². The normalized spacial score (nSPS) is 9.62. The smallest absolute Gasteiger partial charge is 0.256 e. The highest BCUT2D eigenvalue weighted by atomic mass is 16.2.